The Morgan fingerprint density at radius 3 is 2.37 bits per heavy atom. The fourth-order valence-electron chi connectivity index (χ4n) is 2.70. The van der Waals surface area contributed by atoms with Gasteiger partial charge in [-0.15, -0.1) is 0 Å². The average molecular weight is 422 g/mol. The van der Waals surface area contributed by atoms with E-state index in [1.165, 1.54) is 43.4 Å². The van der Waals surface area contributed by atoms with E-state index in [1.807, 2.05) is 0 Å². The molecule has 3 aromatic rings. The van der Waals surface area contributed by atoms with Crippen LogP contribution in [0.1, 0.15) is 16.1 Å². The van der Waals surface area contributed by atoms with E-state index in [4.69, 9.17) is 5.73 Å². The number of aromatic nitrogens is 3. The van der Waals surface area contributed by atoms with Gasteiger partial charge in [-0.05, 0) is 30.3 Å². The number of amides is 1. The number of anilines is 2. The normalized spacial score (nSPS) is 13.7. The summed E-state index contributed by atoms with van der Waals surface area (Å²) in [6.07, 6.45) is -4.60. The molecular formula is C18H17F3N6O3. The first-order chi connectivity index (χ1) is 13.9. The molecular weight excluding hydrogens is 405 g/mol. The molecule has 1 amide bonds. The molecule has 0 saturated heterocycles. The Morgan fingerprint density at radius 1 is 1.23 bits per heavy atom. The zero-order chi connectivity index (χ0) is 22.3. The van der Waals surface area contributed by atoms with E-state index >= 15 is 0 Å². The first kappa shape index (κ1) is 21.2. The van der Waals surface area contributed by atoms with Gasteiger partial charge >= 0.3 is 6.18 Å². The molecule has 0 saturated carbocycles. The van der Waals surface area contributed by atoms with Crippen LogP contribution in [0.4, 0.5) is 30.5 Å². The molecule has 0 aliphatic heterocycles. The third kappa shape index (κ3) is 4.40. The van der Waals surface area contributed by atoms with Crippen LogP contribution in [0.15, 0.2) is 42.5 Å². The Labute approximate surface area is 168 Å². The predicted octanol–water partition coefficient (Wildman–Crippen LogP) is 3.16. The summed E-state index contributed by atoms with van der Waals surface area (Å²) in [5, 5.41) is 26.7. The molecule has 9 nitrogen and oxygen atoms in total. The van der Waals surface area contributed by atoms with E-state index in [1.54, 1.807) is 0 Å². The average Bonchev–Trinajstić information content (AvgIpc) is 3.03. The molecule has 1 unspecified atom stereocenters. The maximum Gasteiger partial charge on any atom is 0.435 e. The van der Waals surface area contributed by atoms with Crippen LogP contribution >= 0.6 is 0 Å². The Bertz CT molecular complexity index is 1090. The first-order valence-electron chi connectivity index (χ1n) is 8.46. The Hall–Kier alpha value is -3.48. The molecule has 0 aliphatic carbocycles. The molecule has 1 aromatic carbocycles. The number of rotatable bonds is 4. The number of halogens is 3. The van der Waals surface area contributed by atoms with E-state index in [0.29, 0.717) is 0 Å². The SMILES string of the molecule is Cn1nc(C(F)(F)F)cc1-c1ccc(NC(=O)c2ccc([N+](C)([O-])O)cc2)nc1N. The number of benzene rings is 1. The van der Waals surface area contributed by atoms with Crippen molar-refractivity contribution in [1.82, 2.24) is 19.6 Å². The number of quaternary nitrogens is 1. The number of nitrogens with one attached hydrogen (secondary N) is 1. The van der Waals surface area contributed by atoms with E-state index in [2.05, 4.69) is 15.4 Å². The fourth-order valence-corrected chi connectivity index (χ4v) is 2.70. The molecule has 2 aromatic heterocycles. The lowest BCUT2D eigenvalue weighted by Gasteiger charge is -2.27. The zero-order valence-electron chi connectivity index (χ0n) is 15.8. The van der Waals surface area contributed by atoms with Gasteiger partial charge in [0.15, 0.2) is 11.4 Å². The standard InChI is InChI=1S/C18H17F3N6O3/c1-26-13(9-14(25-26)18(19,20)21)12-7-8-15(23-16(12)22)24-17(28)10-3-5-11(6-4-10)27(2,29)30/h3-9,29H,1-2H3,(H3,22,23,24,28). The highest BCUT2D eigenvalue weighted by molar-refractivity contribution is 6.04. The number of hydroxylamine groups is 2. The van der Waals surface area contributed by atoms with Gasteiger partial charge in [0.2, 0.25) is 0 Å². The van der Waals surface area contributed by atoms with Crippen molar-refractivity contribution >= 4 is 23.2 Å². The summed E-state index contributed by atoms with van der Waals surface area (Å²) in [5.41, 5.74) is 5.38. The monoisotopic (exact) mass is 422 g/mol. The number of pyridine rings is 1. The first-order valence-corrected chi connectivity index (χ1v) is 8.46. The highest BCUT2D eigenvalue weighted by Crippen LogP contribution is 2.33. The summed E-state index contributed by atoms with van der Waals surface area (Å²) >= 11 is 0. The molecule has 2 heterocycles. The van der Waals surface area contributed by atoms with E-state index in [9.17, 15) is 28.4 Å². The lowest BCUT2D eigenvalue weighted by Crippen LogP contribution is -2.33. The van der Waals surface area contributed by atoms with Crippen molar-refractivity contribution in [1.29, 1.82) is 0 Å². The second-order valence-electron chi connectivity index (χ2n) is 6.55. The van der Waals surface area contributed by atoms with Crippen molar-refractivity contribution in [2.75, 3.05) is 18.1 Å². The summed E-state index contributed by atoms with van der Waals surface area (Å²) in [5.74, 6) is -0.575. The van der Waals surface area contributed by atoms with E-state index in [0.717, 1.165) is 17.8 Å². The predicted molar refractivity (Wildman–Crippen MR) is 103 cm³/mol. The summed E-state index contributed by atoms with van der Waals surface area (Å²) in [4.78, 5) is 14.7. The van der Waals surface area contributed by atoms with Gasteiger partial charge < -0.3 is 16.3 Å². The molecule has 12 heteroatoms. The van der Waals surface area contributed by atoms with Crippen LogP contribution < -0.4 is 15.9 Å². The number of alkyl halides is 3. The van der Waals surface area contributed by atoms with Gasteiger partial charge in [-0.1, -0.05) is 0 Å². The summed E-state index contributed by atoms with van der Waals surface area (Å²) < 4.78 is 39.6. The van der Waals surface area contributed by atoms with Crippen LogP contribution in [0.2, 0.25) is 0 Å². The molecule has 30 heavy (non-hydrogen) atoms. The molecule has 0 aliphatic rings. The van der Waals surface area contributed by atoms with Gasteiger partial charge in [-0.25, -0.2) is 10.2 Å². The number of nitrogens with two attached hydrogens (primary N) is 1. The Kier molecular flexibility index (Phi) is 5.24. The number of hydrogen-bond acceptors (Lipinski definition) is 6. The molecule has 0 bridgehead atoms. The molecule has 4 N–H and O–H groups in total. The number of nitrogens with zero attached hydrogens (tertiary/aromatic N) is 4. The van der Waals surface area contributed by atoms with Crippen molar-refractivity contribution in [2.45, 2.75) is 6.18 Å². The van der Waals surface area contributed by atoms with Crippen LogP contribution in [-0.4, -0.2) is 32.9 Å². The second-order valence-corrected chi connectivity index (χ2v) is 6.55. The maximum absolute atomic E-state index is 12.9. The van der Waals surface area contributed by atoms with Gasteiger partial charge in [0, 0.05) is 30.3 Å². The maximum atomic E-state index is 12.9. The summed E-state index contributed by atoms with van der Waals surface area (Å²) in [7, 11) is 2.37. The van der Waals surface area contributed by atoms with Gasteiger partial charge in [0.25, 0.3) is 5.91 Å². The number of carbonyl (C=O) groups is 1. The lowest BCUT2D eigenvalue weighted by molar-refractivity contribution is -0.141. The summed E-state index contributed by atoms with van der Waals surface area (Å²) in [6.45, 7) is 0. The largest absolute Gasteiger partial charge is 0.593 e. The van der Waals surface area contributed by atoms with Gasteiger partial charge in [0.05, 0.1) is 5.69 Å². The van der Waals surface area contributed by atoms with Gasteiger partial charge in [-0.3, -0.25) is 9.48 Å². The third-order valence-electron chi connectivity index (χ3n) is 4.22. The Morgan fingerprint density at radius 2 is 1.87 bits per heavy atom. The molecule has 1 atom stereocenters. The van der Waals surface area contributed by atoms with E-state index in [-0.39, 0.29) is 34.1 Å². The summed E-state index contributed by atoms with van der Waals surface area (Å²) in [6, 6.07) is 8.96. The quantitative estimate of drug-likeness (QED) is 0.438. The molecule has 3 rings (SSSR count). The fraction of sp³-hybridized carbons (Fsp3) is 0.167. The molecule has 158 valence electrons. The number of aryl methyl sites for hydroxylation is 1. The second kappa shape index (κ2) is 7.40. The van der Waals surface area contributed by atoms with Crippen LogP contribution in [-0.2, 0) is 13.2 Å². The minimum Gasteiger partial charge on any atom is -0.593 e. The van der Waals surface area contributed by atoms with Crippen molar-refractivity contribution in [3.63, 3.8) is 0 Å². The van der Waals surface area contributed by atoms with Crippen LogP contribution in [0.5, 0.6) is 0 Å². The number of hydrogen-bond donors (Lipinski definition) is 3. The number of carbonyl (C=O) groups excluding carboxylic acids is 1. The van der Waals surface area contributed by atoms with Gasteiger partial charge in [-0.2, -0.15) is 23.1 Å². The highest BCUT2D eigenvalue weighted by atomic mass is 19.4. The van der Waals surface area contributed by atoms with E-state index < -0.39 is 22.6 Å². The van der Waals surface area contributed by atoms with Crippen LogP contribution in [0.3, 0.4) is 0 Å². The smallest absolute Gasteiger partial charge is 0.435 e. The van der Waals surface area contributed by atoms with Crippen molar-refractivity contribution in [3.8, 4) is 11.3 Å². The van der Waals surface area contributed by atoms with Crippen molar-refractivity contribution in [3.05, 3.63) is 58.9 Å². The highest BCUT2D eigenvalue weighted by Gasteiger charge is 2.35. The molecule has 0 spiro atoms. The van der Waals surface area contributed by atoms with Crippen LogP contribution in [0.25, 0.3) is 11.3 Å². The third-order valence-corrected chi connectivity index (χ3v) is 4.22. The van der Waals surface area contributed by atoms with Crippen molar-refractivity contribution in [2.24, 2.45) is 7.05 Å². The minimum atomic E-state index is -4.60. The van der Waals surface area contributed by atoms with Gasteiger partial charge in [0.1, 0.15) is 18.7 Å². The zero-order valence-corrected chi connectivity index (χ0v) is 15.8. The Balaban J connectivity index is 1.81. The molecule has 0 fully saturated rings. The number of nitrogen functional groups attached to an aromatic ring is 1. The minimum absolute atomic E-state index is 0.0349. The van der Waals surface area contributed by atoms with Crippen LogP contribution in [0, 0.1) is 5.21 Å². The topological polar surface area (TPSA) is 129 Å². The lowest BCUT2D eigenvalue weighted by atomic mass is 10.1. The molecule has 0 radical (unpaired) electrons. The van der Waals surface area contributed by atoms with Crippen molar-refractivity contribution < 1.29 is 23.2 Å².